The Balaban J connectivity index is 1.98. The van der Waals surface area contributed by atoms with Gasteiger partial charge in [-0.05, 0) is 35.1 Å². The highest BCUT2D eigenvalue weighted by atomic mass is 79.9. The molecule has 2 rings (SSSR count). The minimum atomic E-state index is 0.784. The van der Waals surface area contributed by atoms with Crippen LogP contribution in [0.2, 0.25) is 0 Å². The minimum Gasteiger partial charge on any atom is -0.369 e. The van der Waals surface area contributed by atoms with Gasteiger partial charge in [0.1, 0.15) is 18.0 Å². The number of thiophene rings is 1. The van der Waals surface area contributed by atoms with Crippen molar-refractivity contribution in [2.45, 2.75) is 0 Å². The summed E-state index contributed by atoms with van der Waals surface area (Å²) >= 11 is 5.05. The summed E-state index contributed by atoms with van der Waals surface area (Å²) in [5.41, 5.74) is 0. The second kappa shape index (κ2) is 6.67. The van der Waals surface area contributed by atoms with E-state index in [1.165, 1.54) is 0 Å². The lowest BCUT2D eigenvalue weighted by Gasteiger charge is -2.07. The molecule has 18 heavy (non-hydrogen) atoms. The third kappa shape index (κ3) is 3.94. The van der Waals surface area contributed by atoms with E-state index in [1.807, 2.05) is 25.2 Å². The van der Waals surface area contributed by atoms with Gasteiger partial charge in [0.15, 0.2) is 0 Å². The molecule has 2 heterocycles. The quantitative estimate of drug-likeness (QED) is 0.712. The highest BCUT2D eigenvalue weighted by Gasteiger charge is 2.01. The molecular formula is C11H14BrN5S. The SMILES string of the molecule is CNCCNc1cc(Nc2ccc(Br)s2)ncn1. The van der Waals surface area contributed by atoms with Crippen LogP contribution in [0.4, 0.5) is 16.6 Å². The van der Waals surface area contributed by atoms with Crippen LogP contribution in [0.25, 0.3) is 0 Å². The molecule has 0 saturated heterocycles. The van der Waals surface area contributed by atoms with Crippen molar-refractivity contribution < 1.29 is 0 Å². The first-order valence-corrected chi connectivity index (χ1v) is 7.12. The van der Waals surface area contributed by atoms with E-state index in [0.29, 0.717) is 0 Å². The van der Waals surface area contributed by atoms with Crippen LogP contribution < -0.4 is 16.0 Å². The van der Waals surface area contributed by atoms with Crippen LogP contribution in [0.5, 0.6) is 0 Å². The number of anilines is 3. The Morgan fingerprint density at radius 2 is 2.06 bits per heavy atom. The van der Waals surface area contributed by atoms with E-state index in [4.69, 9.17) is 0 Å². The smallest absolute Gasteiger partial charge is 0.136 e. The Morgan fingerprint density at radius 1 is 1.22 bits per heavy atom. The number of rotatable bonds is 6. The van der Waals surface area contributed by atoms with E-state index < -0.39 is 0 Å². The number of nitrogens with zero attached hydrogens (tertiary/aromatic N) is 2. The molecule has 0 saturated carbocycles. The lowest BCUT2D eigenvalue weighted by atomic mass is 10.5. The van der Waals surface area contributed by atoms with E-state index in [2.05, 4.69) is 41.8 Å². The van der Waals surface area contributed by atoms with Gasteiger partial charge in [-0.2, -0.15) is 0 Å². The summed E-state index contributed by atoms with van der Waals surface area (Å²) in [6.45, 7) is 1.72. The van der Waals surface area contributed by atoms with Gasteiger partial charge in [0.05, 0.1) is 8.79 Å². The van der Waals surface area contributed by atoms with Gasteiger partial charge in [-0.3, -0.25) is 0 Å². The number of hydrogen-bond donors (Lipinski definition) is 3. The first-order chi connectivity index (χ1) is 8.78. The van der Waals surface area contributed by atoms with Crippen LogP contribution in [0, 0.1) is 0 Å². The fourth-order valence-corrected chi connectivity index (χ4v) is 2.64. The summed E-state index contributed by atoms with van der Waals surface area (Å²) in [5, 5.41) is 10.6. The molecule has 7 heteroatoms. The van der Waals surface area contributed by atoms with Crippen LogP contribution in [-0.2, 0) is 0 Å². The van der Waals surface area contributed by atoms with Gasteiger partial charge in [-0.25, -0.2) is 9.97 Å². The zero-order valence-electron chi connectivity index (χ0n) is 9.90. The third-order valence-corrected chi connectivity index (χ3v) is 3.71. The molecule has 0 radical (unpaired) electrons. The lowest BCUT2D eigenvalue weighted by molar-refractivity contribution is 0.821. The van der Waals surface area contributed by atoms with Crippen molar-refractivity contribution in [2.24, 2.45) is 0 Å². The molecule has 0 amide bonds. The molecule has 3 N–H and O–H groups in total. The number of halogens is 1. The highest BCUT2D eigenvalue weighted by Crippen LogP contribution is 2.28. The van der Waals surface area contributed by atoms with Crippen LogP contribution in [0.15, 0.2) is 28.3 Å². The lowest BCUT2D eigenvalue weighted by Crippen LogP contribution is -2.18. The average molecular weight is 328 g/mol. The number of nitrogens with one attached hydrogen (secondary N) is 3. The summed E-state index contributed by atoms with van der Waals surface area (Å²) in [4.78, 5) is 8.35. The molecule has 0 aliphatic heterocycles. The van der Waals surface area contributed by atoms with Crippen LogP contribution >= 0.6 is 27.3 Å². The Labute approximate surface area is 118 Å². The van der Waals surface area contributed by atoms with Gasteiger partial charge in [-0.15, -0.1) is 11.3 Å². The van der Waals surface area contributed by atoms with Crippen LogP contribution in [-0.4, -0.2) is 30.1 Å². The molecule has 0 aliphatic carbocycles. The summed E-state index contributed by atoms with van der Waals surface area (Å²) in [6.07, 6.45) is 1.55. The van der Waals surface area contributed by atoms with Gasteiger partial charge in [0, 0.05) is 19.2 Å². The van der Waals surface area contributed by atoms with Gasteiger partial charge in [0.25, 0.3) is 0 Å². The monoisotopic (exact) mass is 327 g/mol. The molecule has 0 aromatic carbocycles. The molecule has 0 aliphatic rings. The maximum Gasteiger partial charge on any atom is 0.136 e. The zero-order chi connectivity index (χ0) is 12.8. The number of aromatic nitrogens is 2. The fraction of sp³-hybridized carbons (Fsp3) is 0.273. The van der Waals surface area contributed by atoms with Crippen molar-refractivity contribution in [2.75, 3.05) is 30.8 Å². The van der Waals surface area contributed by atoms with Crippen molar-refractivity contribution in [1.82, 2.24) is 15.3 Å². The Hall–Kier alpha value is -1.18. The standard InChI is InChI=1S/C11H14BrN5S/c1-13-4-5-14-9-6-10(16-7-15-9)17-11-3-2-8(12)18-11/h2-3,6-7,13H,4-5H2,1H3,(H2,14,15,16,17). The minimum absolute atomic E-state index is 0.784. The Kier molecular flexibility index (Phi) is 4.91. The number of likely N-dealkylation sites (N-methyl/N-ethyl adjacent to an activating group) is 1. The molecule has 5 nitrogen and oxygen atoms in total. The van der Waals surface area contributed by atoms with E-state index in [-0.39, 0.29) is 0 Å². The fourth-order valence-electron chi connectivity index (χ4n) is 1.35. The molecule has 0 atom stereocenters. The zero-order valence-corrected chi connectivity index (χ0v) is 12.3. The van der Waals surface area contributed by atoms with Crippen LogP contribution in [0.3, 0.4) is 0 Å². The van der Waals surface area contributed by atoms with Gasteiger partial charge >= 0.3 is 0 Å². The van der Waals surface area contributed by atoms with Crippen molar-refractivity contribution >= 4 is 43.9 Å². The van der Waals surface area contributed by atoms with Gasteiger partial charge in [-0.1, -0.05) is 0 Å². The average Bonchev–Trinajstić information content (AvgIpc) is 2.76. The van der Waals surface area contributed by atoms with E-state index >= 15 is 0 Å². The summed E-state index contributed by atoms with van der Waals surface area (Å²) in [7, 11) is 1.92. The number of hydrogen-bond acceptors (Lipinski definition) is 6. The predicted octanol–water partition coefficient (Wildman–Crippen LogP) is 2.68. The van der Waals surface area contributed by atoms with Gasteiger partial charge in [0.2, 0.25) is 0 Å². The molecule has 0 fully saturated rings. The third-order valence-electron chi connectivity index (χ3n) is 2.17. The first-order valence-electron chi connectivity index (χ1n) is 5.51. The maximum atomic E-state index is 4.19. The predicted molar refractivity (Wildman–Crippen MR) is 79.8 cm³/mol. The second-order valence-corrected chi connectivity index (χ2v) is 6.01. The highest BCUT2D eigenvalue weighted by molar-refractivity contribution is 9.11. The normalized spacial score (nSPS) is 10.3. The topological polar surface area (TPSA) is 61.9 Å². The first kappa shape index (κ1) is 13.3. The van der Waals surface area contributed by atoms with Crippen molar-refractivity contribution in [3.63, 3.8) is 0 Å². The van der Waals surface area contributed by atoms with E-state index in [1.54, 1.807) is 17.7 Å². The molecule has 2 aromatic heterocycles. The van der Waals surface area contributed by atoms with Gasteiger partial charge < -0.3 is 16.0 Å². The summed E-state index contributed by atoms with van der Waals surface area (Å²) in [6, 6.07) is 5.90. The molecule has 0 bridgehead atoms. The summed E-state index contributed by atoms with van der Waals surface area (Å²) in [5.74, 6) is 1.60. The molecular weight excluding hydrogens is 314 g/mol. The van der Waals surface area contributed by atoms with E-state index in [9.17, 15) is 0 Å². The van der Waals surface area contributed by atoms with Crippen molar-refractivity contribution in [3.05, 3.63) is 28.3 Å². The Bertz CT molecular complexity index is 502. The van der Waals surface area contributed by atoms with Crippen molar-refractivity contribution in [3.8, 4) is 0 Å². The summed E-state index contributed by atoms with van der Waals surface area (Å²) < 4.78 is 1.09. The second-order valence-electron chi connectivity index (χ2n) is 3.55. The van der Waals surface area contributed by atoms with Crippen molar-refractivity contribution in [1.29, 1.82) is 0 Å². The molecule has 0 unspecified atom stereocenters. The largest absolute Gasteiger partial charge is 0.369 e. The molecule has 0 spiro atoms. The Morgan fingerprint density at radius 3 is 2.78 bits per heavy atom. The maximum absolute atomic E-state index is 4.19. The van der Waals surface area contributed by atoms with Crippen LogP contribution in [0.1, 0.15) is 0 Å². The van der Waals surface area contributed by atoms with E-state index in [0.717, 1.165) is 33.5 Å². The molecule has 96 valence electrons. The molecule has 2 aromatic rings.